The number of carbonyl (C=O) groups excluding carboxylic acids is 1. The molecule has 0 aromatic rings. The minimum Gasteiger partial charge on any atom is -0.460 e. The van der Waals surface area contributed by atoms with E-state index in [1.54, 1.807) is 0 Å². The Labute approximate surface area is 60.3 Å². The molecule has 0 aromatic carbocycles. The Morgan fingerprint density at radius 2 is 2.40 bits per heavy atom. The van der Waals surface area contributed by atoms with Crippen molar-refractivity contribution in [2.75, 3.05) is 6.61 Å². The van der Waals surface area contributed by atoms with Gasteiger partial charge in [-0.3, -0.25) is 4.79 Å². The number of esters is 1. The molecule has 1 rings (SSSR count). The summed E-state index contributed by atoms with van der Waals surface area (Å²) in [4.78, 5) is 10.5. The lowest BCUT2D eigenvalue weighted by Gasteiger charge is -2.12. The maximum atomic E-state index is 10.5. The molecule has 3 heteroatoms. The van der Waals surface area contributed by atoms with Crippen molar-refractivity contribution in [2.45, 2.75) is 32.5 Å². The monoisotopic (exact) mass is 144 g/mol. The molecule has 0 amide bonds. The van der Waals surface area contributed by atoms with Crippen LogP contribution in [0, 0.1) is 0 Å². The van der Waals surface area contributed by atoms with E-state index in [1.165, 1.54) is 6.92 Å². The average molecular weight is 144 g/mol. The Kier molecular flexibility index (Phi) is 2.27. The highest BCUT2D eigenvalue weighted by molar-refractivity contribution is 5.66. The third kappa shape index (κ3) is 1.70. The first-order valence-corrected chi connectivity index (χ1v) is 3.49. The van der Waals surface area contributed by atoms with Gasteiger partial charge in [0.05, 0.1) is 12.7 Å². The lowest BCUT2D eigenvalue weighted by molar-refractivity contribution is -0.148. The number of hydrogen-bond acceptors (Lipinski definition) is 3. The molecular weight excluding hydrogens is 132 g/mol. The van der Waals surface area contributed by atoms with E-state index in [0.29, 0.717) is 6.61 Å². The van der Waals surface area contributed by atoms with E-state index < -0.39 is 0 Å². The van der Waals surface area contributed by atoms with Gasteiger partial charge in [0.25, 0.3) is 0 Å². The highest BCUT2D eigenvalue weighted by atomic mass is 16.6. The zero-order valence-electron chi connectivity index (χ0n) is 6.29. The second-order valence-electron chi connectivity index (χ2n) is 2.51. The van der Waals surface area contributed by atoms with Gasteiger partial charge in [-0.2, -0.15) is 0 Å². The molecule has 10 heavy (non-hydrogen) atoms. The Bertz CT molecular complexity index is 133. The molecule has 1 aliphatic rings. The quantitative estimate of drug-likeness (QED) is 0.509. The smallest absolute Gasteiger partial charge is 0.302 e. The van der Waals surface area contributed by atoms with E-state index in [9.17, 15) is 4.79 Å². The predicted molar refractivity (Wildman–Crippen MR) is 35.6 cm³/mol. The maximum absolute atomic E-state index is 10.5. The van der Waals surface area contributed by atoms with E-state index in [2.05, 4.69) is 0 Å². The molecule has 0 bridgehead atoms. The fraction of sp³-hybridized carbons (Fsp3) is 0.857. The van der Waals surface area contributed by atoms with Crippen LogP contribution in [0.2, 0.25) is 0 Å². The van der Waals surface area contributed by atoms with Gasteiger partial charge in [0.2, 0.25) is 0 Å². The Balaban J connectivity index is 2.33. The van der Waals surface area contributed by atoms with Gasteiger partial charge < -0.3 is 9.47 Å². The number of ether oxygens (including phenoxy) is 2. The zero-order valence-corrected chi connectivity index (χ0v) is 6.29. The molecule has 58 valence electrons. The molecule has 2 unspecified atom stereocenters. The van der Waals surface area contributed by atoms with Crippen molar-refractivity contribution in [3.8, 4) is 0 Å². The summed E-state index contributed by atoms with van der Waals surface area (Å²) in [6.45, 7) is 4.05. The van der Waals surface area contributed by atoms with Gasteiger partial charge in [-0.05, 0) is 6.92 Å². The molecule has 0 saturated carbocycles. The van der Waals surface area contributed by atoms with Crippen LogP contribution in [0.4, 0.5) is 0 Å². The summed E-state index contributed by atoms with van der Waals surface area (Å²) in [6.07, 6.45) is 0.891. The standard InChI is InChI=1S/C7H12O3/c1-5-7(3-4-9-5)10-6(2)8/h5,7H,3-4H2,1-2H3. The minimum atomic E-state index is -0.220. The average Bonchev–Trinajstić information content (AvgIpc) is 2.15. The summed E-state index contributed by atoms with van der Waals surface area (Å²) in [7, 11) is 0. The van der Waals surface area contributed by atoms with Crippen LogP contribution in [0.25, 0.3) is 0 Å². The van der Waals surface area contributed by atoms with E-state index in [-0.39, 0.29) is 18.2 Å². The van der Waals surface area contributed by atoms with Crippen molar-refractivity contribution >= 4 is 5.97 Å². The van der Waals surface area contributed by atoms with Crippen LogP contribution in [0.5, 0.6) is 0 Å². The van der Waals surface area contributed by atoms with Crippen LogP contribution < -0.4 is 0 Å². The first kappa shape index (κ1) is 7.54. The summed E-state index contributed by atoms with van der Waals surface area (Å²) in [6, 6.07) is 0. The topological polar surface area (TPSA) is 35.5 Å². The van der Waals surface area contributed by atoms with Crippen molar-refractivity contribution in [3.63, 3.8) is 0 Å². The molecule has 2 atom stereocenters. The normalized spacial score (nSPS) is 32.2. The molecule has 1 fully saturated rings. The van der Waals surface area contributed by atoms with Gasteiger partial charge in [0, 0.05) is 13.3 Å². The highest BCUT2D eigenvalue weighted by Crippen LogP contribution is 2.15. The fourth-order valence-corrected chi connectivity index (χ4v) is 1.08. The van der Waals surface area contributed by atoms with Crippen LogP contribution in [0.3, 0.4) is 0 Å². The third-order valence-corrected chi connectivity index (χ3v) is 1.62. The lowest BCUT2D eigenvalue weighted by atomic mass is 10.2. The summed E-state index contributed by atoms with van der Waals surface area (Å²) in [5, 5.41) is 0. The number of carbonyl (C=O) groups is 1. The maximum Gasteiger partial charge on any atom is 0.302 e. The van der Waals surface area contributed by atoms with Gasteiger partial charge in [-0.1, -0.05) is 0 Å². The van der Waals surface area contributed by atoms with Gasteiger partial charge in [0.15, 0.2) is 0 Å². The van der Waals surface area contributed by atoms with Gasteiger partial charge in [-0.25, -0.2) is 0 Å². The van der Waals surface area contributed by atoms with Crippen molar-refractivity contribution < 1.29 is 14.3 Å². The van der Waals surface area contributed by atoms with Crippen molar-refractivity contribution in [3.05, 3.63) is 0 Å². The van der Waals surface area contributed by atoms with Crippen LogP contribution in [0.1, 0.15) is 20.3 Å². The Morgan fingerprint density at radius 1 is 1.70 bits per heavy atom. The molecule has 0 aliphatic carbocycles. The minimum absolute atomic E-state index is 0.0162. The van der Waals surface area contributed by atoms with E-state index in [1.807, 2.05) is 6.92 Å². The highest BCUT2D eigenvalue weighted by Gasteiger charge is 2.26. The summed E-state index contributed by atoms with van der Waals surface area (Å²) in [5.74, 6) is -0.220. The summed E-state index contributed by atoms with van der Waals surface area (Å²) >= 11 is 0. The van der Waals surface area contributed by atoms with E-state index in [4.69, 9.17) is 9.47 Å². The first-order chi connectivity index (χ1) is 4.70. The molecule has 1 saturated heterocycles. The van der Waals surface area contributed by atoms with Crippen LogP contribution in [0.15, 0.2) is 0 Å². The number of hydrogen-bond donors (Lipinski definition) is 0. The van der Waals surface area contributed by atoms with Crippen molar-refractivity contribution in [2.24, 2.45) is 0 Å². The van der Waals surface area contributed by atoms with Gasteiger partial charge in [-0.15, -0.1) is 0 Å². The largest absolute Gasteiger partial charge is 0.460 e. The third-order valence-electron chi connectivity index (χ3n) is 1.62. The fourth-order valence-electron chi connectivity index (χ4n) is 1.08. The molecule has 1 heterocycles. The van der Waals surface area contributed by atoms with Gasteiger partial charge >= 0.3 is 5.97 Å². The second-order valence-corrected chi connectivity index (χ2v) is 2.51. The van der Waals surface area contributed by atoms with Gasteiger partial charge in [0.1, 0.15) is 6.10 Å². The summed E-state index contributed by atoms with van der Waals surface area (Å²) < 4.78 is 10.1. The summed E-state index contributed by atoms with van der Waals surface area (Å²) in [5.41, 5.74) is 0. The SMILES string of the molecule is CC(=O)OC1CCOC1C. The first-order valence-electron chi connectivity index (χ1n) is 3.49. The Hall–Kier alpha value is -0.570. The van der Waals surface area contributed by atoms with Crippen molar-refractivity contribution in [1.82, 2.24) is 0 Å². The molecule has 0 spiro atoms. The predicted octanol–water partition coefficient (Wildman–Crippen LogP) is 0.727. The van der Waals surface area contributed by atoms with E-state index >= 15 is 0 Å². The molecule has 0 N–H and O–H groups in total. The molecular formula is C7H12O3. The van der Waals surface area contributed by atoms with Crippen LogP contribution in [-0.4, -0.2) is 24.8 Å². The zero-order chi connectivity index (χ0) is 7.56. The second kappa shape index (κ2) is 3.01. The molecule has 3 nitrogen and oxygen atoms in total. The number of rotatable bonds is 1. The van der Waals surface area contributed by atoms with E-state index in [0.717, 1.165) is 6.42 Å². The molecule has 1 aliphatic heterocycles. The molecule has 0 radical (unpaired) electrons. The van der Waals surface area contributed by atoms with Crippen LogP contribution >= 0.6 is 0 Å². The lowest BCUT2D eigenvalue weighted by Crippen LogP contribution is -2.23. The molecule has 0 aromatic heterocycles. The Morgan fingerprint density at radius 3 is 2.80 bits per heavy atom. The van der Waals surface area contributed by atoms with Crippen LogP contribution in [-0.2, 0) is 14.3 Å². The van der Waals surface area contributed by atoms with Crippen molar-refractivity contribution in [1.29, 1.82) is 0 Å².